The van der Waals surface area contributed by atoms with Gasteiger partial charge in [0.1, 0.15) is 17.5 Å². The Morgan fingerprint density at radius 2 is 1.96 bits per heavy atom. The highest BCUT2D eigenvalue weighted by Crippen LogP contribution is 2.30. The zero-order chi connectivity index (χ0) is 19.0. The Morgan fingerprint density at radius 1 is 1.11 bits per heavy atom. The molecule has 0 N–H and O–H groups in total. The summed E-state index contributed by atoms with van der Waals surface area (Å²) in [4.78, 5) is 19.1. The first-order valence-corrected chi connectivity index (χ1v) is 8.21. The van der Waals surface area contributed by atoms with Gasteiger partial charge in [-0.2, -0.15) is 5.10 Å². The molecule has 8 heteroatoms. The molecule has 0 fully saturated rings. The molecule has 0 amide bonds. The van der Waals surface area contributed by atoms with Crippen molar-refractivity contribution in [2.45, 2.75) is 13.8 Å². The van der Waals surface area contributed by atoms with Crippen LogP contribution in [-0.4, -0.2) is 24.7 Å². The molecular formula is C19H15N5O3. The van der Waals surface area contributed by atoms with Crippen molar-refractivity contribution in [2.24, 2.45) is 0 Å². The van der Waals surface area contributed by atoms with E-state index in [1.807, 2.05) is 31.2 Å². The first-order valence-electron chi connectivity index (χ1n) is 8.21. The fourth-order valence-corrected chi connectivity index (χ4v) is 2.86. The maximum Gasteiger partial charge on any atom is 0.272 e. The molecule has 2 aromatic heterocycles. The van der Waals surface area contributed by atoms with Gasteiger partial charge < -0.3 is 4.74 Å². The summed E-state index contributed by atoms with van der Waals surface area (Å²) in [6.07, 6.45) is 3.05. The van der Waals surface area contributed by atoms with Gasteiger partial charge in [0, 0.05) is 11.6 Å². The summed E-state index contributed by atoms with van der Waals surface area (Å²) in [6.45, 7) is 3.67. The zero-order valence-corrected chi connectivity index (χ0v) is 14.7. The van der Waals surface area contributed by atoms with E-state index in [0.717, 1.165) is 11.3 Å². The summed E-state index contributed by atoms with van der Waals surface area (Å²) in [6, 6.07) is 12.5. The Morgan fingerprint density at radius 3 is 2.70 bits per heavy atom. The van der Waals surface area contributed by atoms with Gasteiger partial charge in [-0.1, -0.05) is 12.1 Å². The smallest absolute Gasteiger partial charge is 0.272 e. The Hall–Kier alpha value is -3.81. The highest BCUT2D eigenvalue weighted by atomic mass is 16.6. The summed E-state index contributed by atoms with van der Waals surface area (Å²) < 4.78 is 7.57. The average molecular weight is 361 g/mol. The summed E-state index contributed by atoms with van der Waals surface area (Å²) in [5.41, 5.74) is 3.17. The number of rotatable bonds is 4. The minimum absolute atomic E-state index is 0.0439. The van der Waals surface area contributed by atoms with Crippen LogP contribution in [0.1, 0.15) is 11.1 Å². The highest BCUT2D eigenvalue weighted by molar-refractivity contribution is 5.81. The fraction of sp³-hybridized carbons (Fsp3) is 0.105. The van der Waals surface area contributed by atoms with Gasteiger partial charge in [0.05, 0.1) is 16.8 Å². The summed E-state index contributed by atoms with van der Waals surface area (Å²) in [5.74, 6) is 0.800. The third kappa shape index (κ3) is 3.08. The number of benzene rings is 2. The molecule has 4 rings (SSSR count). The first-order chi connectivity index (χ1) is 13.0. The lowest BCUT2D eigenvalue weighted by Gasteiger charge is -2.07. The van der Waals surface area contributed by atoms with Crippen LogP contribution < -0.4 is 4.74 Å². The molecule has 0 unspecified atom stereocenters. The van der Waals surface area contributed by atoms with Gasteiger partial charge in [-0.25, -0.2) is 14.6 Å². The van der Waals surface area contributed by atoms with E-state index in [9.17, 15) is 10.1 Å². The van der Waals surface area contributed by atoms with E-state index in [0.29, 0.717) is 28.2 Å². The second kappa shape index (κ2) is 6.49. The van der Waals surface area contributed by atoms with Crippen molar-refractivity contribution >= 4 is 16.7 Å². The predicted molar refractivity (Wildman–Crippen MR) is 99.3 cm³/mol. The predicted octanol–water partition coefficient (Wildman–Crippen LogP) is 4.13. The number of aromatic nitrogens is 4. The van der Waals surface area contributed by atoms with E-state index in [1.165, 1.54) is 12.4 Å². The quantitative estimate of drug-likeness (QED) is 0.400. The molecule has 2 aromatic carbocycles. The van der Waals surface area contributed by atoms with Crippen LogP contribution in [0.5, 0.6) is 11.6 Å². The number of nitrogens with zero attached hydrogens (tertiary/aromatic N) is 5. The number of aryl methyl sites for hydroxylation is 2. The molecule has 0 aliphatic carbocycles. The van der Waals surface area contributed by atoms with Crippen molar-refractivity contribution in [1.29, 1.82) is 0 Å². The van der Waals surface area contributed by atoms with Gasteiger partial charge in [-0.05, 0) is 43.7 Å². The van der Waals surface area contributed by atoms with Gasteiger partial charge >= 0.3 is 0 Å². The Bertz CT molecular complexity index is 1170. The topological polar surface area (TPSA) is 96.0 Å². The summed E-state index contributed by atoms with van der Waals surface area (Å²) in [5, 5.41) is 16.0. The van der Waals surface area contributed by atoms with E-state index < -0.39 is 4.92 Å². The molecule has 0 radical (unpaired) electrons. The summed E-state index contributed by atoms with van der Waals surface area (Å²) in [7, 11) is 0. The van der Waals surface area contributed by atoms with Crippen LogP contribution in [0.4, 0.5) is 5.69 Å². The Labute approximate surface area is 154 Å². The number of hydrogen-bond donors (Lipinski definition) is 0. The monoisotopic (exact) mass is 361 g/mol. The first kappa shape index (κ1) is 16.6. The van der Waals surface area contributed by atoms with E-state index in [2.05, 4.69) is 15.1 Å². The van der Waals surface area contributed by atoms with Gasteiger partial charge in [0.15, 0.2) is 5.65 Å². The number of nitro groups is 1. The van der Waals surface area contributed by atoms with Crippen molar-refractivity contribution in [1.82, 2.24) is 19.7 Å². The minimum Gasteiger partial charge on any atom is -0.438 e. The molecule has 0 aliphatic rings. The second-order valence-corrected chi connectivity index (χ2v) is 6.12. The van der Waals surface area contributed by atoms with Gasteiger partial charge in [0.25, 0.3) is 5.69 Å². The Balaban J connectivity index is 1.74. The molecule has 0 bridgehead atoms. The van der Waals surface area contributed by atoms with Crippen LogP contribution in [0, 0.1) is 24.0 Å². The lowest BCUT2D eigenvalue weighted by Crippen LogP contribution is -1.98. The van der Waals surface area contributed by atoms with Gasteiger partial charge in [-0.3, -0.25) is 10.1 Å². The van der Waals surface area contributed by atoms with Crippen LogP contribution in [0.25, 0.3) is 16.7 Å². The maximum absolute atomic E-state index is 11.0. The molecule has 0 spiro atoms. The molecule has 8 nitrogen and oxygen atoms in total. The van der Waals surface area contributed by atoms with E-state index in [1.54, 1.807) is 29.9 Å². The van der Waals surface area contributed by atoms with Crippen molar-refractivity contribution in [2.75, 3.05) is 0 Å². The molecule has 0 aliphatic heterocycles. The molecule has 2 heterocycles. The second-order valence-electron chi connectivity index (χ2n) is 6.12. The number of nitro benzene ring substituents is 1. The molecular weight excluding hydrogens is 346 g/mol. The SMILES string of the molecule is Cc1cccc(-n2ncc3c(Oc4ccc([N+](=O)[O-])c(C)c4)ncnc32)c1. The summed E-state index contributed by atoms with van der Waals surface area (Å²) >= 11 is 0. The average Bonchev–Trinajstić information content (AvgIpc) is 3.07. The van der Waals surface area contributed by atoms with Crippen molar-refractivity contribution in [3.8, 4) is 17.3 Å². The molecule has 4 aromatic rings. The van der Waals surface area contributed by atoms with Gasteiger partial charge in [0.2, 0.25) is 5.88 Å². The lowest BCUT2D eigenvalue weighted by molar-refractivity contribution is -0.385. The maximum atomic E-state index is 11.0. The number of hydrogen-bond acceptors (Lipinski definition) is 6. The van der Waals surface area contributed by atoms with Crippen LogP contribution in [0.2, 0.25) is 0 Å². The molecule has 0 saturated heterocycles. The Kier molecular flexibility index (Phi) is 4.00. The number of ether oxygens (including phenoxy) is 1. The standard InChI is InChI=1S/C19H15N5O3/c1-12-4-3-5-14(8-12)23-18-16(10-22-23)19(21-11-20-18)27-15-6-7-17(24(25)26)13(2)9-15/h3-11H,1-2H3. The minimum atomic E-state index is -0.423. The van der Waals surface area contributed by atoms with Crippen molar-refractivity contribution in [3.63, 3.8) is 0 Å². The third-order valence-electron chi connectivity index (χ3n) is 4.15. The van der Waals surface area contributed by atoms with E-state index in [4.69, 9.17) is 4.74 Å². The van der Waals surface area contributed by atoms with Crippen molar-refractivity contribution < 1.29 is 9.66 Å². The van der Waals surface area contributed by atoms with E-state index >= 15 is 0 Å². The van der Waals surface area contributed by atoms with Crippen molar-refractivity contribution in [3.05, 3.63) is 76.2 Å². The lowest BCUT2D eigenvalue weighted by atomic mass is 10.2. The zero-order valence-electron chi connectivity index (χ0n) is 14.7. The van der Waals surface area contributed by atoms with Gasteiger partial charge in [-0.15, -0.1) is 0 Å². The van der Waals surface area contributed by atoms with Crippen LogP contribution in [-0.2, 0) is 0 Å². The van der Waals surface area contributed by atoms with Crippen LogP contribution >= 0.6 is 0 Å². The number of fused-ring (bicyclic) bond motifs is 1. The van der Waals surface area contributed by atoms with Crippen LogP contribution in [0.15, 0.2) is 55.0 Å². The molecule has 134 valence electrons. The van der Waals surface area contributed by atoms with Crippen LogP contribution in [0.3, 0.4) is 0 Å². The third-order valence-corrected chi connectivity index (χ3v) is 4.15. The van der Waals surface area contributed by atoms with E-state index in [-0.39, 0.29) is 5.69 Å². The molecule has 0 atom stereocenters. The molecule has 0 saturated carbocycles. The normalized spacial score (nSPS) is 10.9. The fourth-order valence-electron chi connectivity index (χ4n) is 2.86. The highest BCUT2D eigenvalue weighted by Gasteiger charge is 2.15. The largest absolute Gasteiger partial charge is 0.438 e. The molecule has 27 heavy (non-hydrogen) atoms.